The number of para-hydroxylation sites is 2. The number of nitrogens with zero attached hydrogens (tertiary/aromatic N) is 2. The van der Waals surface area contributed by atoms with Crippen LogP contribution in [-0.2, 0) is 0 Å². The van der Waals surface area contributed by atoms with E-state index in [2.05, 4.69) is 27.5 Å². The minimum Gasteiger partial charge on any atom is -0.495 e. The van der Waals surface area contributed by atoms with E-state index in [-0.39, 0.29) is 11.6 Å². The average Bonchev–Trinajstić information content (AvgIpc) is 2.65. The quantitative estimate of drug-likeness (QED) is 0.726. The lowest BCUT2D eigenvalue weighted by Gasteiger charge is -2.11. The third-order valence-electron chi connectivity index (χ3n) is 4.03. The molecule has 3 rings (SSSR count). The molecule has 2 aromatic carbocycles. The molecule has 0 aliphatic carbocycles. The first kappa shape index (κ1) is 17.4. The maximum Gasteiger partial charge on any atom is 0.274 e. The summed E-state index contributed by atoms with van der Waals surface area (Å²) in [5, 5.41) is 6.00. The summed E-state index contributed by atoms with van der Waals surface area (Å²) >= 11 is 0. The van der Waals surface area contributed by atoms with E-state index in [0.717, 1.165) is 5.69 Å². The van der Waals surface area contributed by atoms with Crippen LogP contribution in [0, 0.1) is 13.8 Å². The van der Waals surface area contributed by atoms with Gasteiger partial charge in [0.15, 0.2) is 0 Å². The highest BCUT2D eigenvalue weighted by Gasteiger charge is 2.12. The number of anilines is 3. The van der Waals surface area contributed by atoms with Gasteiger partial charge in [-0.2, -0.15) is 0 Å². The number of nitrogens with one attached hydrogen (secondary N) is 2. The minimum absolute atomic E-state index is 0.261. The summed E-state index contributed by atoms with van der Waals surface area (Å²) < 4.78 is 5.25. The molecule has 0 spiro atoms. The standard InChI is InChI=1S/C20H20N4O2/c1-13-8-9-15(10-14(13)2)23-19-11-17(21-12-22-19)20(25)24-16-6-4-5-7-18(16)26-3/h4-12H,1-3H3,(H,24,25)(H,21,22,23). The number of aromatic nitrogens is 2. The van der Waals surface area contributed by atoms with Crippen LogP contribution in [0.4, 0.5) is 17.2 Å². The number of carbonyl (C=O) groups is 1. The Bertz CT molecular complexity index is 941. The van der Waals surface area contributed by atoms with Crippen LogP contribution in [0.2, 0.25) is 0 Å². The van der Waals surface area contributed by atoms with Crippen LogP contribution in [-0.4, -0.2) is 23.0 Å². The van der Waals surface area contributed by atoms with E-state index < -0.39 is 0 Å². The van der Waals surface area contributed by atoms with Crippen LogP contribution in [0.3, 0.4) is 0 Å². The number of hydrogen-bond donors (Lipinski definition) is 2. The van der Waals surface area contributed by atoms with Crippen LogP contribution < -0.4 is 15.4 Å². The molecule has 2 N–H and O–H groups in total. The van der Waals surface area contributed by atoms with Gasteiger partial charge in [-0.3, -0.25) is 4.79 Å². The molecular formula is C20H20N4O2. The topological polar surface area (TPSA) is 76.1 Å². The van der Waals surface area contributed by atoms with Crippen LogP contribution in [0.15, 0.2) is 54.9 Å². The summed E-state index contributed by atoms with van der Waals surface area (Å²) in [6, 6.07) is 14.9. The lowest BCUT2D eigenvalue weighted by molar-refractivity contribution is 0.102. The van der Waals surface area contributed by atoms with Crippen molar-refractivity contribution in [2.24, 2.45) is 0 Å². The SMILES string of the molecule is COc1ccccc1NC(=O)c1cc(Nc2ccc(C)c(C)c2)ncn1. The first-order valence-electron chi connectivity index (χ1n) is 8.17. The second-order valence-electron chi connectivity index (χ2n) is 5.87. The highest BCUT2D eigenvalue weighted by Crippen LogP contribution is 2.24. The van der Waals surface area contributed by atoms with Gasteiger partial charge in [0.2, 0.25) is 0 Å². The van der Waals surface area contributed by atoms with Crippen molar-refractivity contribution in [2.75, 3.05) is 17.7 Å². The van der Waals surface area contributed by atoms with Crippen LogP contribution in [0.5, 0.6) is 5.75 Å². The van der Waals surface area contributed by atoms with Crippen molar-refractivity contribution in [3.05, 3.63) is 71.7 Å². The van der Waals surface area contributed by atoms with E-state index in [9.17, 15) is 4.79 Å². The predicted octanol–water partition coefficient (Wildman–Crippen LogP) is 4.10. The number of aryl methyl sites for hydroxylation is 2. The highest BCUT2D eigenvalue weighted by molar-refractivity contribution is 6.04. The molecule has 1 aromatic heterocycles. The van der Waals surface area contributed by atoms with Gasteiger partial charge in [0, 0.05) is 11.8 Å². The zero-order chi connectivity index (χ0) is 18.5. The van der Waals surface area contributed by atoms with E-state index >= 15 is 0 Å². The van der Waals surface area contributed by atoms with Crippen LogP contribution in [0.1, 0.15) is 21.6 Å². The Morgan fingerprint density at radius 3 is 2.58 bits per heavy atom. The first-order valence-corrected chi connectivity index (χ1v) is 8.17. The highest BCUT2D eigenvalue weighted by atomic mass is 16.5. The minimum atomic E-state index is -0.333. The predicted molar refractivity (Wildman–Crippen MR) is 102 cm³/mol. The summed E-state index contributed by atoms with van der Waals surface area (Å²) in [4.78, 5) is 20.7. The van der Waals surface area contributed by atoms with Gasteiger partial charge in [-0.1, -0.05) is 18.2 Å². The number of rotatable bonds is 5. The van der Waals surface area contributed by atoms with Gasteiger partial charge in [0.05, 0.1) is 12.8 Å². The second-order valence-corrected chi connectivity index (χ2v) is 5.87. The molecule has 0 aliphatic heterocycles. The number of ether oxygens (including phenoxy) is 1. The van der Waals surface area contributed by atoms with Gasteiger partial charge < -0.3 is 15.4 Å². The van der Waals surface area contributed by atoms with E-state index in [4.69, 9.17) is 4.74 Å². The maximum atomic E-state index is 12.5. The van der Waals surface area contributed by atoms with Crippen molar-refractivity contribution >= 4 is 23.1 Å². The molecule has 0 saturated heterocycles. The van der Waals surface area contributed by atoms with Gasteiger partial charge in [0.1, 0.15) is 23.6 Å². The van der Waals surface area contributed by atoms with Crippen LogP contribution >= 0.6 is 0 Å². The molecule has 0 aliphatic rings. The van der Waals surface area contributed by atoms with Crippen molar-refractivity contribution in [2.45, 2.75) is 13.8 Å². The molecule has 0 atom stereocenters. The van der Waals surface area contributed by atoms with Gasteiger partial charge in [-0.25, -0.2) is 9.97 Å². The number of hydrogen-bond acceptors (Lipinski definition) is 5. The Hall–Kier alpha value is -3.41. The van der Waals surface area contributed by atoms with Gasteiger partial charge in [-0.15, -0.1) is 0 Å². The van der Waals surface area contributed by atoms with Gasteiger partial charge in [0.25, 0.3) is 5.91 Å². The Kier molecular flexibility index (Phi) is 5.12. The van der Waals surface area contributed by atoms with E-state index in [0.29, 0.717) is 17.3 Å². The summed E-state index contributed by atoms with van der Waals surface area (Å²) in [5.41, 5.74) is 4.15. The second kappa shape index (κ2) is 7.65. The van der Waals surface area contributed by atoms with Crippen molar-refractivity contribution in [1.29, 1.82) is 0 Å². The van der Waals surface area contributed by atoms with Crippen molar-refractivity contribution < 1.29 is 9.53 Å². The molecule has 6 nitrogen and oxygen atoms in total. The van der Waals surface area contributed by atoms with E-state index in [1.54, 1.807) is 25.3 Å². The summed E-state index contributed by atoms with van der Waals surface area (Å²) in [6.07, 6.45) is 1.36. The first-order chi connectivity index (χ1) is 12.6. The molecule has 0 unspecified atom stereocenters. The van der Waals surface area contributed by atoms with Crippen LogP contribution in [0.25, 0.3) is 0 Å². The fourth-order valence-corrected chi connectivity index (χ4v) is 2.45. The lowest BCUT2D eigenvalue weighted by atomic mass is 10.1. The van der Waals surface area contributed by atoms with E-state index in [1.165, 1.54) is 17.5 Å². The van der Waals surface area contributed by atoms with E-state index in [1.807, 2.05) is 37.3 Å². The van der Waals surface area contributed by atoms with Crippen molar-refractivity contribution in [3.63, 3.8) is 0 Å². The molecule has 1 heterocycles. The van der Waals surface area contributed by atoms with Crippen molar-refractivity contribution in [1.82, 2.24) is 9.97 Å². The zero-order valence-electron chi connectivity index (χ0n) is 14.9. The number of carbonyl (C=O) groups excluding carboxylic acids is 1. The molecule has 0 radical (unpaired) electrons. The fraction of sp³-hybridized carbons (Fsp3) is 0.150. The molecular weight excluding hydrogens is 328 g/mol. The Balaban J connectivity index is 1.78. The molecule has 132 valence electrons. The number of methoxy groups -OCH3 is 1. The van der Waals surface area contributed by atoms with Crippen molar-refractivity contribution in [3.8, 4) is 5.75 Å². The normalized spacial score (nSPS) is 10.3. The molecule has 1 amide bonds. The Morgan fingerprint density at radius 2 is 1.81 bits per heavy atom. The largest absolute Gasteiger partial charge is 0.495 e. The molecule has 3 aromatic rings. The maximum absolute atomic E-state index is 12.5. The summed E-state index contributed by atoms with van der Waals surface area (Å²) in [7, 11) is 1.56. The monoisotopic (exact) mass is 348 g/mol. The smallest absolute Gasteiger partial charge is 0.274 e. The average molecular weight is 348 g/mol. The Morgan fingerprint density at radius 1 is 1.00 bits per heavy atom. The molecule has 26 heavy (non-hydrogen) atoms. The number of benzene rings is 2. The lowest BCUT2D eigenvalue weighted by Crippen LogP contribution is -2.15. The zero-order valence-corrected chi connectivity index (χ0v) is 14.9. The molecule has 6 heteroatoms. The van der Waals surface area contributed by atoms with Gasteiger partial charge >= 0.3 is 0 Å². The molecule has 0 saturated carbocycles. The number of amides is 1. The third kappa shape index (κ3) is 3.97. The fourth-order valence-electron chi connectivity index (χ4n) is 2.45. The molecule has 0 bridgehead atoms. The third-order valence-corrected chi connectivity index (χ3v) is 4.03. The summed E-state index contributed by atoms with van der Waals surface area (Å²) in [5.74, 6) is 0.803. The Labute approximate surface area is 152 Å². The van der Waals surface area contributed by atoms with Gasteiger partial charge in [-0.05, 0) is 49.2 Å². The molecule has 0 fully saturated rings. The summed E-state index contributed by atoms with van der Waals surface area (Å²) in [6.45, 7) is 4.11.